The molecule has 0 saturated heterocycles. The molecular formula is C34H34NOPS. The molecule has 4 heteroatoms. The van der Waals surface area contributed by atoms with Gasteiger partial charge < -0.3 is 0 Å². The Morgan fingerprint density at radius 3 is 1.76 bits per heavy atom. The van der Waals surface area contributed by atoms with Crippen molar-refractivity contribution in [2.45, 2.75) is 31.6 Å². The van der Waals surface area contributed by atoms with Crippen molar-refractivity contribution in [3.05, 3.63) is 139 Å². The van der Waals surface area contributed by atoms with Gasteiger partial charge in [0.2, 0.25) is 0 Å². The number of hydrogen-bond donors (Lipinski definition) is 0. The fourth-order valence-corrected chi connectivity index (χ4v) is 8.85. The van der Waals surface area contributed by atoms with E-state index < -0.39 is 23.7 Å². The van der Waals surface area contributed by atoms with E-state index in [4.69, 9.17) is 0 Å². The summed E-state index contributed by atoms with van der Waals surface area (Å²) in [6, 6.07) is 45.2. The minimum absolute atomic E-state index is 0.185. The van der Waals surface area contributed by atoms with Crippen molar-refractivity contribution in [2.75, 3.05) is 7.05 Å². The molecule has 0 saturated carbocycles. The summed E-state index contributed by atoms with van der Waals surface area (Å²) in [4.78, 5) is 0. The molecule has 0 bridgehead atoms. The largest absolute Gasteiger partial charge is 0.242 e. The molecule has 0 aliphatic carbocycles. The van der Waals surface area contributed by atoms with Gasteiger partial charge in [-0.1, -0.05) is 127 Å². The van der Waals surface area contributed by atoms with Crippen LogP contribution in [0.4, 0.5) is 0 Å². The molecule has 5 rings (SSSR count). The quantitative estimate of drug-likeness (QED) is 0.204. The van der Waals surface area contributed by atoms with Crippen LogP contribution >= 0.6 is 7.92 Å². The Balaban J connectivity index is 1.79. The average Bonchev–Trinajstić information content (AvgIpc) is 2.94. The van der Waals surface area contributed by atoms with Crippen molar-refractivity contribution in [1.29, 1.82) is 0 Å². The Bertz CT molecular complexity index is 1500. The van der Waals surface area contributed by atoms with Crippen LogP contribution in [0.15, 0.2) is 127 Å². The summed E-state index contributed by atoms with van der Waals surface area (Å²) in [5.74, 6) is 0. The normalized spacial score (nSPS) is 13.6. The highest BCUT2D eigenvalue weighted by atomic mass is 32.2. The van der Waals surface area contributed by atoms with Gasteiger partial charge in [-0.25, -0.2) is 8.51 Å². The Kier molecular flexibility index (Phi) is 7.91. The van der Waals surface area contributed by atoms with Crippen LogP contribution in [0.2, 0.25) is 0 Å². The summed E-state index contributed by atoms with van der Waals surface area (Å²) in [5, 5.41) is 6.28. The SMILES string of the molecule is CN([C@H](c1ccccc1P(c1ccccc1)c1ccccc1)c1cccc2ccccc12)[S@](=O)C(C)(C)C. The second kappa shape index (κ2) is 11.3. The van der Waals surface area contributed by atoms with E-state index in [1.54, 1.807) is 0 Å². The summed E-state index contributed by atoms with van der Waals surface area (Å²) in [5.41, 5.74) is 2.37. The summed E-state index contributed by atoms with van der Waals surface area (Å²) in [6.07, 6.45) is 0. The first-order valence-corrected chi connectivity index (χ1v) is 15.4. The maximum Gasteiger partial charge on any atom is 0.100 e. The molecule has 38 heavy (non-hydrogen) atoms. The van der Waals surface area contributed by atoms with Crippen molar-refractivity contribution >= 4 is 45.6 Å². The van der Waals surface area contributed by atoms with Crippen molar-refractivity contribution in [3.63, 3.8) is 0 Å². The molecule has 5 aromatic carbocycles. The lowest BCUT2D eigenvalue weighted by molar-refractivity contribution is 0.443. The summed E-state index contributed by atoms with van der Waals surface area (Å²) in [7, 11) is -0.0448. The van der Waals surface area contributed by atoms with E-state index in [0.29, 0.717) is 0 Å². The smallest absolute Gasteiger partial charge is 0.100 e. The third kappa shape index (κ3) is 5.38. The van der Waals surface area contributed by atoms with Crippen LogP contribution in [-0.2, 0) is 11.0 Å². The lowest BCUT2D eigenvalue weighted by Crippen LogP contribution is -2.39. The zero-order valence-corrected chi connectivity index (χ0v) is 24.1. The second-order valence-corrected chi connectivity index (χ2v) is 14.9. The summed E-state index contributed by atoms with van der Waals surface area (Å²) < 4.78 is 15.6. The molecule has 0 aliphatic rings. The Hall–Kier alpha value is -3.10. The third-order valence-corrected chi connectivity index (χ3v) is 11.1. The van der Waals surface area contributed by atoms with Gasteiger partial charge in [0.25, 0.3) is 0 Å². The first kappa shape index (κ1) is 26.5. The zero-order chi connectivity index (χ0) is 26.7. The molecule has 192 valence electrons. The molecule has 0 aromatic heterocycles. The van der Waals surface area contributed by atoms with Gasteiger partial charge in [-0.05, 0) is 66.5 Å². The van der Waals surface area contributed by atoms with Gasteiger partial charge in [0.15, 0.2) is 0 Å². The van der Waals surface area contributed by atoms with E-state index in [9.17, 15) is 4.21 Å². The van der Waals surface area contributed by atoms with Gasteiger partial charge in [0.05, 0.1) is 10.8 Å². The Labute approximate surface area is 230 Å². The highest BCUT2D eigenvalue weighted by Gasteiger charge is 2.34. The number of hydrogen-bond acceptors (Lipinski definition) is 1. The lowest BCUT2D eigenvalue weighted by atomic mass is 9.94. The summed E-state index contributed by atoms with van der Waals surface area (Å²) >= 11 is 0. The molecular weight excluding hydrogens is 501 g/mol. The summed E-state index contributed by atoms with van der Waals surface area (Å²) in [6.45, 7) is 6.14. The standard InChI is InChI=1S/C34H34NOPS/c1-34(2,3)38(36)35(4)33(30-24-15-17-26-16-11-12-22-29(26)30)31-23-13-14-25-32(31)37(27-18-7-5-8-19-27)28-20-9-6-10-21-28/h5-25,33H,1-4H3/t33-,38+/m0/s1. The average molecular weight is 536 g/mol. The highest BCUT2D eigenvalue weighted by Crippen LogP contribution is 2.41. The van der Waals surface area contributed by atoms with E-state index in [0.717, 1.165) is 0 Å². The van der Waals surface area contributed by atoms with E-state index in [-0.39, 0.29) is 6.04 Å². The monoisotopic (exact) mass is 535 g/mol. The molecule has 0 radical (unpaired) electrons. The van der Waals surface area contributed by atoms with E-state index in [2.05, 4.69) is 132 Å². The molecule has 0 unspecified atom stereocenters. The van der Waals surface area contributed by atoms with Gasteiger partial charge >= 0.3 is 0 Å². The molecule has 0 fully saturated rings. The van der Waals surface area contributed by atoms with Crippen molar-refractivity contribution in [3.8, 4) is 0 Å². The fourth-order valence-electron chi connectivity index (χ4n) is 5.08. The van der Waals surface area contributed by atoms with Gasteiger partial charge in [-0.2, -0.15) is 0 Å². The van der Waals surface area contributed by atoms with E-state index in [1.165, 1.54) is 37.8 Å². The molecule has 2 atom stereocenters. The van der Waals surface area contributed by atoms with Gasteiger partial charge in [-0.15, -0.1) is 0 Å². The van der Waals surface area contributed by atoms with Gasteiger partial charge in [0.1, 0.15) is 11.0 Å². The van der Waals surface area contributed by atoms with Crippen LogP contribution in [0, 0.1) is 0 Å². The number of nitrogens with zero attached hydrogens (tertiary/aromatic N) is 1. The van der Waals surface area contributed by atoms with Crippen LogP contribution in [0.3, 0.4) is 0 Å². The van der Waals surface area contributed by atoms with E-state index >= 15 is 0 Å². The van der Waals surface area contributed by atoms with Gasteiger partial charge in [-0.3, -0.25) is 0 Å². The number of benzene rings is 5. The van der Waals surface area contributed by atoms with Gasteiger partial charge in [0, 0.05) is 7.05 Å². The molecule has 0 amide bonds. The van der Waals surface area contributed by atoms with Crippen LogP contribution in [0.5, 0.6) is 0 Å². The number of fused-ring (bicyclic) bond motifs is 1. The van der Waals surface area contributed by atoms with Crippen molar-refractivity contribution in [1.82, 2.24) is 4.31 Å². The maximum absolute atomic E-state index is 14.0. The van der Waals surface area contributed by atoms with Crippen molar-refractivity contribution in [2.24, 2.45) is 0 Å². The van der Waals surface area contributed by atoms with Crippen LogP contribution in [0.1, 0.15) is 37.9 Å². The number of rotatable bonds is 7. The Morgan fingerprint density at radius 1 is 0.632 bits per heavy atom. The third-order valence-electron chi connectivity index (χ3n) is 6.77. The Morgan fingerprint density at radius 2 is 1.13 bits per heavy atom. The van der Waals surface area contributed by atoms with E-state index in [1.807, 2.05) is 27.8 Å². The zero-order valence-electron chi connectivity index (χ0n) is 22.4. The minimum Gasteiger partial charge on any atom is -0.242 e. The molecule has 0 heterocycles. The maximum atomic E-state index is 14.0. The lowest BCUT2D eigenvalue weighted by Gasteiger charge is -2.35. The predicted octanol–water partition coefficient (Wildman–Crippen LogP) is 7.08. The van der Waals surface area contributed by atoms with Crippen molar-refractivity contribution < 1.29 is 4.21 Å². The second-order valence-electron chi connectivity index (χ2n) is 10.4. The molecule has 0 spiro atoms. The predicted molar refractivity (Wildman–Crippen MR) is 167 cm³/mol. The topological polar surface area (TPSA) is 20.3 Å². The fraction of sp³-hybridized carbons (Fsp3) is 0.176. The minimum atomic E-state index is -1.23. The van der Waals surface area contributed by atoms with Crippen LogP contribution in [0.25, 0.3) is 10.8 Å². The molecule has 5 aromatic rings. The first-order chi connectivity index (χ1) is 18.4. The van der Waals surface area contributed by atoms with Crippen LogP contribution < -0.4 is 15.9 Å². The highest BCUT2D eigenvalue weighted by molar-refractivity contribution is 7.84. The molecule has 0 N–H and O–H groups in total. The van der Waals surface area contributed by atoms with Crippen LogP contribution in [-0.4, -0.2) is 20.3 Å². The first-order valence-electron chi connectivity index (χ1n) is 13.0. The molecule has 0 aliphatic heterocycles. The molecule has 2 nitrogen and oxygen atoms in total.